The molecule has 1 aromatic rings. The normalized spacial score (nSPS) is 25.8. The summed E-state index contributed by atoms with van der Waals surface area (Å²) >= 11 is 0. The third kappa shape index (κ3) is 3.56. The van der Waals surface area contributed by atoms with Crippen LogP contribution in [0.2, 0.25) is 0 Å². The number of nitrogens with zero attached hydrogens (tertiary/aromatic N) is 2. The van der Waals surface area contributed by atoms with Crippen LogP contribution >= 0.6 is 0 Å². The molecule has 1 fully saturated rings. The minimum atomic E-state index is 0.561. The van der Waals surface area contributed by atoms with Gasteiger partial charge in [0.15, 0.2) is 0 Å². The third-order valence-corrected chi connectivity index (χ3v) is 3.58. The smallest absolute Gasteiger partial charge is 0.133 e. The Kier molecular flexibility index (Phi) is 4.40. The van der Waals surface area contributed by atoms with Crippen LogP contribution in [0.25, 0.3) is 0 Å². The quantitative estimate of drug-likeness (QED) is 0.890. The van der Waals surface area contributed by atoms with Gasteiger partial charge in [0.05, 0.1) is 5.69 Å². The molecule has 18 heavy (non-hydrogen) atoms. The fraction of sp³-hybridized carbons (Fsp3) is 0.786. The van der Waals surface area contributed by atoms with E-state index in [0.29, 0.717) is 12.1 Å². The molecule has 2 rings (SSSR count). The van der Waals surface area contributed by atoms with E-state index in [1.807, 2.05) is 13.0 Å². The average Bonchev–Trinajstić information content (AvgIpc) is 2.68. The molecule has 4 nitrogen and oxygen atoms in total. The van der Waals surface area contributed by atoms with Crippen molar-refractivity contribution in [2.24, 2.45) is 5.92 Å². The molecule has 2 atom stereocenters. The van der Waals surface area contributed by atoms with E-state index >= 15 is 0 Å². The molecule has 1 aromatic heterocycles. The van der Waals surface area contributed by atoms with Crippen LogP contribution in [0.4, 0.5) is 0 Å². The SMILES string of the molecule is Cc1cc(CN2CC(CC(C)C)NCC2C)no1. The van der Waals surface area contributed by atoms with Crippen LogP contribution in [-0.4, -0.2) is 35.2 Å². The Bertz CT molecular complexity index is 375. The molecule has 1 saturated heterocycles. The van der Waals surface area contributed by atoms with E-state index < -0.39 is 0 Å². The minimum Gasteiger partial charge on any atom is -0.361 e. The number of piperazine rings is 1. The molecule has 0 bridgehead atoms. The van der Waals surface area contributed by atoms with Gasteiger partial charge < -0.3 is 9.84 Å². The van der Waals surface area contributed by atoms with E-state index in [0.717, 1.165) is 37.0 Å². The molecule has 0 aromatic carbocycles. The summed E-state index contributed by atoms with van der Waals surface area (Å²) in [5.74, 6) is 1.64. The van der Waals surface area contributed by atoms with Crippen LogP contribution in [-0.2, 0) is 6.54 Å². The van der Waals surface area contributed by atoms with Crippen LogP contribution in [0.3, 0.4) is 0 Å². The van der Waals surface area contributed by atoms with Crippen molar-refractivity contribution in [3.05, 3.63) is 17.5 Å². The third-order valence-electron chi connectivity index (χ3n) is 3.58. The summed E-state index contributed by atoms with van der Waals surface area (Å²) in [6, 6.07) is 3.20. The lowest BCUT2D eigenvalue weighted by Crippen LogP contribution is -2.55. The second-order valence-electron chi connectivity index (χ2n) is 5.94. The van der Waals surface area contributed by atoms with E-state index in [2.05, 4.69) is 36.1 Å². The van der Waals surface area contributed by atoms with E-state index in [1.165, 1.54) is 6.42 Å². The Morgan fingerprint density at radius 3 is 2.94 bits per heavy atom. The fourth-order valence-electron chi connectivity index (χ4n) is 2.64. The largest absolute Gasteiger partial charge is 0.361 e. The highest BCUT2D eigenvalue weighted by atomic mass is 16.5. The van der Waals surface area contributed by atoms with Crippen molar-refractivity contribution in [1.29, 1.82) is 0 Å². The molecule has 4 heteroatoms. The van der Waals surface area contributed by atoms with Gasteiger partial charge in [-0.3, -0.25) is 4.90 Å². The molecule has 1 aliphatic rings. The Morgan fingerprint density at radius 2 is 2.33 bits per heavy atom. The van der Waals surface area contributed by atoms with Gasteiger partial charge in [0.1, 0.15) is 5.76 Å². The summed E-state index contributed by atoms with van der Waals surface area (Å²) in [6.45, 7) is 11.8. The van der Waals surface area contributed by atoms with Gasteiger partial charge in [-0.1, -0.05) is 19.0 Å². The van der Waals surface area contributed by atoms with Crippen molar-refractivity contribution in [1.82, 2.24) is 15.4 Å². The molecule has 0 spiro atoms. The van der Waals surface area contributed by atoms with E-state index in [9.17, 15) is 0 Å². The fourth-order valence-corrected chi connectivity index (χ4v) is 2.64. The Labute approximate surface area is 110 Å². The van der Waals surface area contributed by atoms with Gasteiger partial charge in [0.2, 0.25) is 0 Å². The Hall–Kier alpha value is -0.870. The van der Waals surface area contributed by atoms with E-state index in [1.54, 1.807) is 0 Å². The van der Waals surface area contributed by atoms with Gasteiger partial charge >= 0.3 is 0 Å². The topological polar surface area (TPSA) is 41.3 Å². The van der Waals surface area contributed by atoms with E-state index in [4.69, 9.17) is 4.52 Å². The highest BCUT2D eigenvalue weighted by molar-refractivity contribution is 5.04. The van der Waals surface area contributed by atoms with Gasteiger partial charge in [-0.15, -0.1) is 0 Å². The van der Waals surface area contributed by atoms with Crippen molar-refractivity contribution < 1.29 is 4.52 Å². The van der Waals surface area contributed by atoms with E-state index in [-0.39, 0.29) is 0 Å². The molecule has 102 valence electrons. The molecule has 1 aliphatic heterocycles. The van der Waals surface area contributed by atoms with Gasteiger partial charge in [0.25, 0.3) is 0 Å². The highest BCUT2D eigenvalue weighted by Crippen LogP contribution is 2.16. The zero-order valence-electron chi connectivity index (χ0n) is 11.9. The first-order chi connectivity index (χ1) is 8.54. The number of aromatic nitrogens is 1. The van der Waals surface area contributed by atoms with Crippen molar-refractivity contribution in [3.63, 3.8) is 0 Å². The second-order valence-corrected chi connectivity index (χ2v) is 5.94. The molecular formula is C14H25N3O. The molecular weight excluding hydrogens is 226 g/mol. The number of aryl methyl sites for hydroxylation is 1. The first kappa shape index (κ1) is 13.6. The number of rotatable bonds is 4. The maximum absolute atomic E-state index is 5.14. The summed E-state index contributed by atoms with van der Waals surface area (Å²) in [5, 5.41) is 7.73. The van der Waals surface area contributed by atoms with Crippen molar-refractivity contribution in [2.45, 2.75) is 52.7 Å². The van der Waals surface area contributed by atoms with Crippen molar-refractivity contribution >= 4 is 0 Å². The first-order valence-electron chi connectivity index (χ1n) is 6.94. The maximum atomic E-state index is 5.14. The molecule has 0 saturated carbocycles. The first-order valence-corrected chi connectivity index (χ1v) is 6.94. The van der Waals surface area contributed by atoms with Crippen LogP contribution in [0.1, 0.15) is 38.6 Å². The number of hydrogen-bond donors (Lipinski definition) is 1. The molecule has 2 heterocycles. The lowest BCUT2D eigenvalue weighted by atomic mass is 10.00. The standard InChI is InChI=1S/C14H25N3O/c1-10(2)5-13-8-17(11(3)7-15-13)9-14-6-12(4)18-16-14/h6,10-11,13,15H,5,7-9H2,1-4H3. The number of nitrogens with one attached hydrogen (secondary N) is 1. The maximum Gasteiger partial charge on any atom is 0.133 e. The summed E-state index contributed by atoms with van der Waals surface area (Å²) in [4.78, 5) is 2.50. The summed E-state index contributed by atoms with van der Waals surface area (Å²) in [7, 11) is 0. The van der Waals surface area contributed by atoms with Crippen molar-refractivity contribution in [2.75, 3.05) is 13.1 Å². The summed E-state index contributed by atoms with van der Waals surface area (Å²) < 4.78 is 5.14. The van der Waals surface area contributed by atoms with Gasteiger partial charge in [-0.25, -0.2) is 0 Å². The predicted molar refractivity (Wildman–Crippen MR) is 72.4 cm³/mol. The summed E-state index contributed by atoms with van der Waals surface area (Å²) in [6.07, 6.45) is 1.24. The zero-order valence-corrected chi connectivity index (χ0v) is 11.9. The molecule has 0 amide bonds. The molecule has 1 N–H and O–H groups in total. The lowest BCUT2D eigenvalue weighted by Gasteiger charge is -2.39. The highest BCUT2D eigenvalue weighted by Gasteiger charge is 2.25. The lowest BCUT2D eigenvalue weighted by molar-refractivity contribution is 0.122. The van der Waals surface area contributed by atoms with Crippen LogP contribution in [0.5, 0.6) is 0 Å². The minimum absolute atomic E-state index is 0.561. The van der Waals surface area contributed by atoms with Gasteiger partial charge in [-0.05, 0) is 26.2 Å². The number of hydrogen-bond acceptors (Lipinski definition) is 4. The van der Waals surface area contributed by atoms with Gasteiger partial charge in [-0.2, -0.15) is 0 Å². The predicted octanol–water partition coefficient (Wildman–Crippen LogP) is 2.19. The molecule has 0 aliphatic carbocycles. The van der Waals surface area contributed by atoms with Crippen molar-refractivity contribution in [3.8, 4) is 0 Å². The van der Waals surface area contributed by atoms with Gasteiger partial charge in [0, 0.05) is 37.8 Å². The summed E-state index contributed by atoms with van der Waals surface area (Å²) in [5.41, 5.74) is 1.05. The van der Waals surface area contributed by atoms with Crippen LogP contribution < -0.4 is 5.32 Å². The average molecular weight is 251 g/mol. The molecule has 2 unspecified atom stereocenters. The second kappa shape index (κ2) is 5.85. The van der Waals surface area contributed by atoms with Crippen LogP contribution in [0, 0.1) is 12.8 Å². The Morgan fingerprint density at radius 1 is 1.56 bits per heavy atom. The zero-order chi connectivity index (χ0) is 13.1. The molecule has 0 radical (unpaired) electrons. The Balaban J connectivity index is 1.93. The monoisotopic (exact) mass is 251 g/mol. The van der Waals surface area contributed by atoms with Crippen LogP contribution in [0.15, 0.2) is 10.6 Å².